The molecule has 1 aromatic carbocycles. The number of benzene rings is 1. The van der Waals surface area contributed by atoms with Gasteiger partial charge >= 0.3 is 0 Å². The van der Waals surface area contributed by atoms with Gasteiger partial charge in [0.15, 0.2) is 0 Å². The fourth-order valence-corrected chi connectivity index (χ4v) is 1.53. The summed E-state index contributed by atoms with van der Waals surface area (Å²) in [6.07, 6.45) is 1.10. The molecule has 0 atom stereocenters. The zero-order chi connectivity index (χ0) is 9.42. The van der Waals surface area contributed by atoms with E-state index in [1.165, 1.54) is 12.1 Å². The summed E-state index contributed by atoms with van der Waals surface area (Å²) in [4.78, 5) is 1.94. The van der Waals surface area contributed by atoms with Gasteiger partial charge in [0.05, 0.1) is 4.47 Å². The SMILES string of the molecule is Fc1cc(N2CCC2)cc(F)c1Br. The van der Waals surface area contributed by atoms with Crippen molar-refractivity contribution < 1.29 is 8.78 Å². The molecule has 0 aliphatic carbocycles. The van der Waals surface area contributed by atoms with E-state index in [0.717, 1.165) is 19.5 Å². The van der Waals surface area contributed by atoms with E-state index in [1.807, 2.05) is 4.90 Å². The third kappa shape index (κ3) is 1.55. The zero-order valence-corrected chi connectivity index (χ0v) is 8.44. The molecule has 0 unspecified atom stereocenters. The van der Waals surface area contributed by atoms with Gasteiger partial charge in [0.1, 0.15) is 11.6 Å². The minimum Gasteiger partial charge on any atom is -0.371 e. The van der Waals surface area contributed by atoms with Crippen molar-refractivity contribution in [2.45, 2.75) is 6.42 Å². The Morgan fingerprint density at radius 1 is 1.15 bits per heavy atom. The molecule has 0 amide bonds. The lowest BCUT2D eigenvalue weighted by Gasteiger charge is -2.33. The Bertz CT molecular complexity index is 313. The van der Waals surface area contributed by atoms with Crippen LogP contribution in [0.2, 0.25) is 0 Å². The number of hydrogen-bond donors (Lipinski definition) is 0. The van der Waals surface area contributed by atoms with Gasteiger partial charge in [-0.1, -0.05) is 0 Å². The van der Waals surface area contributed by atoms with Crippen LogP contribution in [0.1, 0.15) is 6.42 Å². The molecular formula is C9H8BrF2N. The van der Waals surface area contributed by atoms with E-state index in [4.69, 9.17) is 0 Å². The van der Waals surface area contributed by atoms with Gasteiger partial charge in [-0.25, -0.2) is 8.78 Å². The average Bonchev–Trinajstić information content (AvgIpc) is 1.96. The van der Waals surface area contributed by atoms with Crippen LogP contribution in [0.4, 0.5) is 14.5 Å². The van der Waals surface area contributed by atoms with E-state index >= 15 is 0 Å². The largest absolute Gasteiger partial charge is 0.371 e. The molecule has 1 aromatic rings. The smallest absolute Gasteiger partial charge is 0.142 e. The molecule has 1 saturated heterocycles. The van der Waals surface area contributed by atoms with Crippen LogP contribution in [0.15, 0.2) is 16.6 Å². The van der Waals surface area contributed by atoms with Crippen LogP contribution in [0.25, 0.3) is 0 Å². The topological polar surface area (TPSA) is 3.24 Å². The number of anilines is 1. The molecule has 0 spiro atoms. The first-order chi connectivity index (χ1) is 6.18. The second-order valence-corrected chi connectivity index (χ2v) is 3.86. The van der Waals surface area contributed by atoms with Crippen LogP contribution in [0.5, 0.6) is 0 Å². The van der Waals surface area contributed by atoms with E-state index in [-0.39, 0.29) is 4.47 Å². The number of halogens is 3. The maximum absolute atomic E-state index is 13.0. The Morgan fingerprint density at radius 2 is 1.69 bits per heavy atom. The summed E-state index contributed by atoms with van der Waals surface area (Å²) >= 11 is 2.83. The minimum atomic E-state index is -0.540. The molecule has 0 saturated carbocycles. The van der Waals surface area contributed by atoms with E-state index < -0.39 is 11.6 Å². The Labute approximate surface area is 83.5 Å². The van der Waals surface area contributed by atoms with Gasteiger partial charge in [-0.2, -0.15) is 0 Å². The van der Waals surface area contributed by atoms with E-state index in [2.05, 4.69) is 15.9 Å². The molecule has 0 N–H and O–H groups in total. The summed E-state index contributed by atoms with van der Waals surface area (Å²) in [6.45, 7) is 1.78. The van der Waals surface area contributed by atoms with Gasteiger partial charge in [-0.05, 0) is 34.5 Å². The molecular weight excluding hydrogens is 240 g/mol. The Balaban J connectivity index is 2.37. The second-order valence-electron chi connectivity index (χ2n) is 3.06. The summed E-state index contributed by atoms with van der Waals surface area (Å²) in [5.41, 5.74) is 0.629. The summed E-state index contributed by atoms with van der Waals surface area (Å²) in [5, 5.41) is 0. The fraction of sp³-hybridized carbons (Fsp3) is 0.333. The van der Waals surface area contributed by atoms with Gasteiger partial charge in [-0.15, -0.1) is 0 Å². The molecule has 2 rings (SSSR count). The monoisotopic (exact) mass is 247 g/mol. The maximum atomic E-state index is 13.0. The van der Waals surface area contributed by atoms with Crippen LogP contribution < -0.4 is 4.90 Å². The van der Waals surface area contributed by atoms with E-state index in [0.29, 0.717) is 5.69 Å². The van der Waals surface area contributed by atoms with Crippen molar-refractivity contribution in [3.8, 4) is 0 Å². The second kappa shape index (κ2) is 3.25. The van der Waals surface area contributed by atoms with Crippen LogP contribution in [-0.4, -0.2) is 13.1 Å². The highest BCUT2D eigenvalue weighted by atomic mass is 79.9. The Morgan fingerprint density at radius 3 is 2.08 bits per heavy atom. The number of hydrogen-bond acceptors (Lipinski definition) is 1. The summed E-state index contributed by atoms with van der Waals surface area (Å²) in [5.74, 6) is -1.08. The molecule has 0 aromatic heterocycles. The van der Waals surface area contributed by atoms with Crippen molar-refractivity contribution in [1.29, 1.82) is 0 Å². The molecule has 4 heteroatoms. The first-order valence-corrected chi connectivity index (χ1v) is 4.87. The highest BCUT2D eigenvalue weighted by Gasteiger charge is 2.17. The quantitative estimate of drug-likeness (QED) is 0.690. The molecule has 13 heavy (non-hydrogen) atoms. The normalized spacial score (nSPS) is 15.8. The highest BCUT2D eigenvalue weighted by Crippen LogP contribution is 2.28. The Kier molecular flexibility index (Phi) is 2.24. The number of rotatable bonds is 1. The van der Waals surface area contributed by atoms with Crippen molar-refractivity contribution in [2.75, 3.05) is 18.0 Å². The third-order valence-electron chi connectivity index (χ3n) is 2.19. The highest BCUT2D eigenvalue weighted by molar-refractivity contribution is 9.10. The van der Waals surface area contributed by atoms with Crippen molar-refractivity contribution >= 4 is 21.6 Å². The van der Waals surface area contributed by atoms with E-state index in [9.17, 15) is 8.78 Å². The molecule has 1 nitrogen and oxygen atoms in total. The Hall–Kier alpha value is -0.640. The van der Waals surface area contributed by atoms with Crippen molar-refractivity contribution in [3.63, 3.8) is 0 Å². The molecule has 1 fully saturated rings. The predicted octanol–water partition coefficient (Wildman–Crippen LogP) is 2.94. The fourth-order valence-electron chi connectivity index (χ4n) is 1.30. The molecule has 1 aliphatic heterocycles. The number of nitrogens with zero attached hydrogens (tertiary/aromatic N) is 1. The van der Waals surface area contributed by atoms with Crippen LogP contribution in [0, 0.1) is 11.6 Å². The standard InChI is InChI=1S/C9H8BrF2N/c10-9-7(11)4-6(5-8(9)12)13-2-1-3-13/h4-5H,1-3H2. The van der Waals surface area contributed by atoms with Crippen molar-refractivity contribution in [3.05, 3.63) is 28.2 Å². The molecule has 0 bridgehead atoms. The average molecular weight is 248 g/mol. The van der Waals surface area contributed by atoms with Gasteiger partial charge < -0.3 is 4.90 Å². The summed E-state index contributed by atoms with van der Waals surface area (Å²) in [7, 11) is 0. The minimum absolute atomic E-state index is 0.0863. The van der Waals surface area contributed by atoms with Gasteiger partial charge in [-0.3, -0.25) is 0 Å². The first kappa shape index (κ1) is 8.94. The summed E-state index contributed by atoms with van der Waals surface area (Å²) in [6, 6.07) is 2.71. The van der Waals surface area contributed by atoms with Gasteiger partial charge in [0, 0.05) is 18.8 Å². The lowest BCUT2D eigenvalue weighted by molar-refractivity contribution is 0.562. The summed E-state index contributed by atoms with van der Waals surface area (Å²) < 4.78 is 26.0. The van der Waals surface area contributed by atoms with Gasteiger partial charge in [0.25, 0.3) is 0 Å². The molecule has 1 aliphatic rings. The van der Waals surface area contributed by atoms with Crippen LogP contribution in [0.3, 0.4) is 0 Å². The zero-order valence-electron chi connectivity index (χ0n) is 6.86. The van der Waals surface area contributed by atoms with E-state index in [1.54, 1.807) is 0 Å². The predicted molar refractivity (Wildman–Crippen MR) is 50.9 cm³/mol. The molecule has 70 valence electrons. The molecule has 0 radical (unpaired) electrons. The van der Waals surface area contributed by atoms with Crippen molar-refractivity contribution in [2.24, 2.45) is 0 Å². The lowest BCUT2D eigenvalue weighted by Crippen LogP contribution is -2.37. The first-order valence-electron chi connectivity index (χ1n) is 4.08. The maximum Gasteiger partial charge on any atom is 0.142 e. The van der Waals surface area contributed by atoms with Crippen molar-refractivity contribution in [1.82, 2.24) is 0 Å². The third-order valence-corrected chi connectivity index (χ3v) is 2.95. The lowest BCUT2D eigenvalue weighted by atomic mass is 10.2. The van der Waals surface area contributed by atoms with Crippen LogP contribution >= 0.6 is 15.9 Å². The molecule has 1 heterocycles. The van der Waals surface area contributed by atoms with Gasteiger partial charge in [0.2, 0.25) is 0 Å². The van der Waals surface area contributed by atoms with Crippen LogP contribution in [-0.2, 0) is 0 Å².